The van der Waals surface area contributed by atoms with Crippen molar-refractivity contribution in [3.8, 4) is 11.8 Å². The minimum atomic E-state index is -0.827. The van der Waals surface area contributed by atoms with Gasteiger partial charge in [-0.1, -0.05) is 0 Å². The van der Waals surface area contributed by atoms with Gasteiger partial charge in [0, 0.05) is 12.1 Å². The number of carbonyl (C=O) groups is 1. The van der Waals surface area contributed by atoms with Crippen LogP contribution in [0.25, 0.3) is 0 Å². The predicted octanol–water partition coefficient (Wildman–Crippen LogP) is 1.31. The highest BCUT2D eigenvalue weighted by Gasteiger charge is 2.13. The maximum absolute atomic E-state index is 12.6. The Morgan fingerprint density at radius 3 is 2.12 bits per heavy atom. The van der Waals surface area contributed by atoms with Crippen molar-refractivity contribution in [2.45, 2.75) is 0 Å². The van der Waals surface area contributed by atoms with Gasteiger partial charge in [0.2, 0.25) is 11.8 Å². The average molecular weight is 236 g/mol. The van der Waals surface area contributed by atoms with Crippen LogP contribution in [0.3, 0.4) is 0 Å². The number of benzene rings is 1. The fourth-order valence-corrected chi connectivity index (χ4v) is 1.22. The molecule has 6 heteroatoms. The first-order valence-electron chi connectivity index (χ1n) is 4.66. The first-order valence-corrected chi connectivity index (χ1v) is 4.66. The number of halogens is 1. The van der Waals surface area contributed by atoms with Crippen LogP contribution in [0.4, 0.5) is 4.39 Å². The fraction of sp³-hybridized carbons (Fsp3) is 0. The molecule has 0 bridgehead atoms. The molecule has 0 aliphatic rings. The van der Waals surface area contributed by atoms with Gasteiger partial charge in [0.05, 0.1) is 5.56 Å². The smallest absolute Gasteiger partial charge is 0.363 e. The topological polar surface area (TPSA) is 71.7 Å². The van der Waals surface area contributed by atoms with Gasteiger partial charge < -0.3 is 15.1 Å². The second kappa shape index (κ2) is 4.17. The summed E-state index contributed by atoms with van der Waals surface area (Å²) in [6.45, 7) is 0. The molecule has 0 saturated heterocycles. The van der Waals surface area contributed by atoms with Crippen molar-refractivity contribution in [3.63, 3.8) is 0 Å². The molecule has 1 aromatic heterocycles. The van der Waals surface area contributed by atoms with E-state index in [0.29, 0.717) is 4.73 Å². The molecule has 5 nitrogen and oxygen atoms in total. The minimum absolute atomic E-state index is 0.0962. The van der Waals surface area contributed by atoms with Crippen LogP contribution in [0.2, 0.25) is 0 Å². The van der Waals surface area contributed by atoms with E-state index >= 15 is 0 Å². The van der Waals surface area contributed by atoms with Crippen molar-refractivity contribution in [1.82, 2.24) is 4.73 Å². The Labute approximate surface area is 95.3 Å². The van der Waals surface area contributed by atoms with E-state index in [-0.39, 0.29) is 5.56 Å². The molecule has 1 heterocycles. The van der Waals surface area contributed by atoms with E-state index in [1.54, 1.807) is 0 Å². The molecule has 1 aromatic carbocycles. The zero-order valence-corrected chi connectivity index (χ0v) is 8.50. The molecule has 88 valence electrons. The summed E-state index contributed by atoms with van der Waals surface area (Å²) in [7, 11) is 0. The Morgan fingerprint density at radius 2 is 1.59 bits per heavy atom. The zero-order chi connectivity index (χ0) is 12.4. The summed E-state index contributed by atoms with van der Waals surface area (Å²) >= 11 is 0. The van der Waals surface area contributed by atoms with Gasteiger partial charge >= 0.3 is 5.97 Å². The van der Waals surface area contributed by atoms with E-state index in [1.165, 1.54) is 12.1 Å². The first-order chi connectivity index (χ1) is 8.08. The second-order valence-electron chi connectivity index (χ2n) is 3.23. The number of aromatic nitrogens is 1. The van der Waals surface area contributed by atoms with Gasteiger partial charge in [-0.3, -0.25) is 0 Å². The molecular weight excluding hydrogens is 228 g/mol. The van der Waals surface area contributed by atoms with E-state index in [2.05, 4.69) is 0 Å². The summed E-state index contributed by atoms with van der Waals surface area (Å²) in [4.78, 5) is 16.2. The number of hydrogen-bond acceptors (Lipinski definition) is 4. The highest BCUT2D eigenvalue weighted by atomic mass is 18.2. The van der Waals surface area contributed by atoms with E-state index in [0.717, 1.165) is 24.3 Å². The maximum atomic E-state index is 12.6. The van der Waals surface area contributed by atoms with Gasteiger partial charge in [0.1, 0.15) is 5.82 Å². The summed E-state index contributed by atoms with van der Waals surface area (Å²) < 4.78 is 13.2. The minimum Gasteiger partial charge on any atom is -0.492 e. The number of rotatable bonds is 2. The van der Waals surface area contributed by atoms with Crippen LogP contribution < -0.4 is 4.84 Å². The lowest BCUT2D eigenvalue weighted by Gasteiger charge is -2.06. The largest absolute Gasteiger partial charge is 0.492 e. The van der Waals surface area contributed by atoms with Gasteiger partial charge in [-0.05, 0) is 24.3 Å². The maximum Gasteiger partial charge on any atom is 0.363 e. The van der Waals surface area contributed by atoms with E-state index in [4.69, 9.17) is 4.84 Å². The first kappa shape index (κ1) is 11.0. The molecule has 2 N–H and O–H groups in total. The van der Waals surface area contributed by atoms with Crippen molar-refractivity contribution in [1.29, 1.82) is 0 Å². The Bertz CT molecular complexity index is 528. The van der Waals surface area contributed by atoms with Crippen LogP contribution >= 0.6 is 0 Å². The third kappa shape index (κ3) is 2.20. The quantitative estimate of drug-likeness (QED) is 0.824. The van der Waals surface area contributed by atoms with Crippen LogP contribution in [-0.4, -0.2) is 20.9 Å². The molecule has 0 fully saturated rings. The van der Waals surface area contributed by atoms with Crippen LogP contribution in [0, 0.1) is 5.82 Å². The molecule has 0 aliphatic carbocycles. The number of aromatic hydroxyl groups is 2. The summed E-state index contributed by atoms with van der Waals surface area (Å²) in [5.74, 6) is -2.14. The van der Waals surface area contributed by atoms with Crippen molar-refractivity contribution < 1.29 is 24.2 Å². The van der Waals surface area contributed by atoms with Crippen LogP contribution in [0.15, 0.2) is 36.4 Å². The highest BCUT2D eigenvalue weighted by molar-refractivity contribution is 5.89. The van der Waals surface area contributed by atoms with Crippen LogP contribution in [0.5, 0.6) is 11.8 Å². The average Bonchev–Trinajstić information content (AvgIpc) is 2.61. The van der Waals surface area contributed by atoms with E-state index < -0.39 is 23.5 Å². The van der Waals surface area contributed by atoms with E-state index in [1.807, 2.05) is 0 Å². The predicted molar refractivity (Wildman–Crippen MR) is 55.1 cm³/mol. The molecule has 0 aliphatic heterocycles. The van der Waals surface area contributed by atoms with Crippen molar-refractivity contribution in [3.05, 3.63) is 47.8 Å². The second-order valence-corrected chi connectivity index (χ2v) is 3.23. The van der Waals surface area contributed by atoms with Gasteiger partial charge in [0.15, 0.2) is 0 Å². The van der Waals surface area contributed by atoms with Crippen molar-refractivity contribution in [2.75, 3.05) is 0 Å². The zero-order valence-electron chi connectivity index (χ0n) is 8.50. The molecule has 0 spiro atoms. The molecule has 0 amide bonds. The number of carbonyl (C=O) groups excluding carboxylic acids is 1. The normalized spacial score (nSPS) is 10.2. The molecule has 0 saturated carbocycles. The van der Waals surface area contributed by atoms with Crippen LogP contribution in [0.1, 0.15) is 10.4 Å². The molecule has 0 radical (unpaired) electrons. The molecule has 2 aromatic rings. The van der Waals surface area contributed by atoms with Gasteiger partial charge in [-0.2, -0.15) is 0 Å². The Kier molecular flexibility index (Phi) is 2.70. The lowest BCUT2D eigenvalue weighted by atomic mass is 10.2. The van der Waals surface area contributed by atoms with Gasteiger partial charge in [0.25, 0.3) is 0 Å². The summed E-state index contributed by atoms with van der Waals surface area (Å²) in [5, 5.41) is 18.5. The lowest BCUT2D eigenvalue weighted by Crippen LogP contribution is -2.19. The summed E-state index contributed by atoms with van der Waals surface area (Å²) in [6.07, 6.45) is 0. The third-order valence-corrected chi connectivity index (χ3v) is 2.05. The van der Waals surface area contributed by atoms with Gasteiger partial charge in [-0.15, -0.1) is 4.73 Å². The standard InChI is InChI=1S/C11H8FNO4/c12-8-3-1-7(2-4-8)11(16)17-13-9(14)5-6-10(13)15/h1-6,14-15H/i12-1. The Hall–Kier alpha value is -2.50. The molecule has 0 atom stereocenters. The molecule has 0 unspecified atom stereocenters. The Morgan fingerprint density at radius 1 is 1.06 bits per heavy atom. The fourth-order valence-electron chi connectivity index (χ4n) is 1.22. The molecule has 2 rings (SSSR count). The number of hydrogen-bond donors (Lipinski definition) is 2. The highest BCUT2D eigenvalue weighted by Crippen LogP contribution is 2.19. The monoisotopic (exact) mass is 236 g/mol. The summed E-state index contributed by atoms with van der Waals surface area (Å²) in [6, 6.07) is 6.99. The SMILES string of the molecule is O=C(On1c(O)ccc1O)c1ccc([18F])cc1. The third-order valence-electron chi connectivity index (χ3n) is 2.05. The lowest BCUT2D eigenvalue weighted by molar-refractivity contribution is 0.0381. The Balaban J connectivity index is 2.20. The van der Waals surface area contributed by atoms with Crippen molar-refractivity contribution in [2.24, 2.45) is 0 Å². The van der Waals surface area contributed by atoms with Gasteiger partial charge in [-0.25, -0.2) is 9.18 Å². The molecule has 17 heavy (non-hydrogen) atoms. The van der Waals surface area contributed by atoms with Crippen molar-refractivity contribution >= 4 is 5.97 Å². The summed E-state index contributed by atoms with van der Waals surface area (Å²) in [5.41, 5.74) is 0.0962. The van der Waals surface area contributed by atoms with E-state index in [9.17, 15) is 19.4 Å². The molecular formula is C11H8FNO4. The van der Waals surface area contributed by atoms with Crippen LogP contribution in [-0.2, 0) is 0 Å². The number of nitrogens with zero attached hydrogens (tertiary/aromatic N) is 1.